The van der Waals surface area contributed by atoms with Gasteiger partial charge >= 0.3 is 0 Å². The zero-order valence-electron chi connectivity index (χ0n) is 13.4. The maximum Gasteiger partial charge on any atom is 0.282 e. The molecule has 0 fully saturated rings. The van der Waals surface area contributed by atoms with Gasteiger partial charge in [-0.15, -0.1) is 0 Å². The molecule has 0 aliphatic heterocycles. The lowest BCUT2D eigenvalue weighted by molar-refractivity contribution is 0.103. The minimum Gasteiger partial charge on any atom is -0.289 e. The fourth-order valence-electron chi connectivity index (χ4n) is 2.45. The van der Waals surface area contributed by atoms with Crippen molar-refractivity contribution in [3.05, 3.63) is 86.4 Å². The average Bonchev–Trinajstić information content (AvgIpc) is 2.62. The second kappa shape index (κ2) is 6.76. The number of nitrogens with zero attached hydrogens (tertiary/aromatic N) is 4. The maximum atomic E-state index is 12.7. The van der Waals surface area contributed by atoms with Gasteiger partial charge in [0, 0.05) is 16.0 Å². The van der Waals surface area contributed by atoms with Crippen LogP contribution < -0.4 is 0 Å². The predicted octanol–water partition coefficient (Wildman–Crippen LogP) is 4.13. The molecule has 130 valence electrons. The summed E-state index contributed by atoms with van der Waals surface area (Å²) in [7, 11) is -4.08. The Hall–Kier alpha value is -2.93. The Morgan fingerprint density at radius 2 is 1.65 bits per heavy atom. The highest BCUT2D eigenvalue weighted by Gasteiger charge is 2.30. The van der Waals surface area contributed by atoms with Gasteiger partial charge in [0.25, 0.3) is 10.0 Å². The molecule has 0 atom stereocenters. The van der Waals surface area contributed by atoms with E-state index < -0.39 is 15.8 Å². The van der Waals surface area contributed by atoms with Crippen molar-refractivity contribution < 1.29 is 13.2 Å². The van der Waals surface area contributed by atoms with Crippen LogP contribution in [0.4, 0.5) is 0 Å². The van der Waals surface area contributed by atoms with Gasteiger partial charge < -0.3 is 0 Å². The van der Waals surface area contributed by atoms with Gasteiger partial charge in [-0.1, -0.05) is 58.7 Å². The van der Waals surface area contributed by atoms with Gasteiger partial charge in [0.1, 0.15) is 11.4 Å². The zero-order valence-corrected chi connectivity index (χ0v) is 15.0. The van der Waals surface area contributed by atoms with Crippen LogP contribution in [0.3, 0.4) is 0 Å². The molecular formula is C17H11ClN4O3S. The molecule has 1 aliphatic carbocycles. The summed E-state index contributed by atoms with van der Waals surface area (Å²) in [5, 5.41) is 3.01. The Balaban J connectivity index is 2.26. The van der Waals surface area contributed by atoms with E-state index in [2.05, 4.69) is 14.4 Å². The predicted molar refractivity (Wildman–Crippen MR) is 97.7 cm³/mol. The number of sulfonamides is 1. The van der Waals surface area contributed by atoms with E-state index in [-0.39, 0.29) is 32.5 Å². The van der Waals surface area contributed by atoms with E-state index in [0.717, 1.165) is 5.56 Å². The quantitative estimate of drug-likeness (QED) is 0.449. The Kier molecular flexibility index (Phi) is 4.65. The number of carbonyl (C=O) groups excluding carboxylic acids is 1. The number of hydrogen-bond donors (Lipinski definition) is 0. The number of carbonyl (C=O) groups is 1. The Morgan fingerprint density at radius 1 is 1.04 bits per heavy atom. The molecule has 0 spiro atoms. The molecule has 3 rings (SSSR count). The summed E-state index contributed by atoms with van der Waals surface area (Å²) >= 11 is 6.17. The molecule has 0 saturated heterocycles. The highest BCUT2D eigenvalue weighted by atomic mass is 35.5. The molecule has 1 aliphatic rings. The summed E-state index contributed by atoms with van der Waals surface area (Å²) in [5.41, 5.74) is 9.48. The van der Waals surface area contributed by atoms with Crippen molar-refractivity contribution in [1.82, 2.24) is 0 Å². The third kappa shape index (κ3) is 3.13. The minimum absolute atomic E-state index is 0.0141. The monoisotopic (exact) mass is 386 g/mol. The maximum absolute atomic E-state index is 12.7. The first kappa shape index (κ1) is 17.9. The van der Waals surface area contributed by atoms with Crippen molar-refractivity contribution in [1.29, 1.82) is 0 Å². The molecule has 7 nitrogen and oxygen atoms in total. The molecule has 0 saturated carbocycles. The number of hydrogen-bond acceptors (Lipinski definition) is 4. The summed E-state index contributed by atoms with van der Waals surface area (Å²) in [5.74, 6) is -0.588. The summed E-state index contributed by atoms with van der Waals surface area (Å²) in [6.45, 7) is 1.83. The van der Waals surface area contributed by atoms with E-state index in [4.69, 9.17) is 17.1 Å². The first-order valence-electron chi connectivity index (χ1n) is 7.36. The molecular weight excluding hydrogens is 376 g/mol. The van der Waals surface area contributed by atoms with Gasteiger partial charge in [0.05, 0.1) is 9.93 Å². The molecule has 0 heterocycles. The second-order valence-electron chi connectivity index (χ2n) is 5.45. The third-order valence-corrected chi connectivity index (χ3v) is 5.38. The minimum atomic E-state index is -4.08. The second-order valence-corrected chi connectivity index (χ2v) is 7.44. The molecule has 0 radical (unpaired) electrons. The van der Waals surface area contributed by atoms with Crippen LogP contribution in [0.1, 0.15) is 21.5 Å². The molecule has 26 heavy (non-hydrogen) atoms. The van der Waals surface area contributed by atoms with Crippen molar-refractivity contribution in [2.75, 3.05) is 0 Å². The van der Waals surface area contributed by atoms with Crippen LogP contribution in [0.25, 0.3) is 10.4 Å². The number of benzene rings is 2. The topological polar surface area (TPSA) is 112 Å². The van der Waals surface area contributed by atoms with Crippen LogP contribution in [-0.4, -0.2) is 19.9 Å². The highest BCUT2D eigenvalue weighted by molar-refractivity contribution is 7.90. The number of aryl methyl sites for hydroxylation is 1. The van der Waals surface area contributed by atoms with Crippen LogP contribution in [0, 0.1) is 6.92 Å². The van der Waals surface area contributed by atoms with E-state index in [0.29, 0.717) is 0 Å². The molecule has 9 heteroatoms. The number of fused-ring (bicyclic) bond motifs is 1. The largest absolute Gasteiger partial charge is 0.289 e. The molecule has 0 amide bonds. The number of ketones is 1. The van der Waals surface area contributed by atoms with Crippen molar-refractivity contribution in [2.45, 2.75) is 11.8 Å². The lowest BCUT2D eigenvalue weighted by Gasteiger charge is -2.17. The van der Waals surface area contributed by atoms with Gasteiger partial charge in [0.2, 0.25) is 0 Å². The highest BCUT2D eigenvalue weighted by Crippen LogP contribution is 2.31. The van der Waals surface area contributed by atoms with E-state index in [9.17, 15) is 13.2 Å². The van der Waals surface area contributed by atoms with E-state index >= 15 is 0 Å². The van der Waals surface area contributed by atoms with E-state index in [1.807, 2.05) is 6.92 Å². The van der Waals surface area contributed by atoms with Crippen molar-refractivity contribution in [3.8, 4) is 0 Å². The normalized spacial score (nSPS) is 15.6. The number of rotatable bonds is 3. The molecule has 0 bridgehead atoms. The zero-order chi connectivity index (χ0) is 18.9. The fourth-order valence-corrected chi connectivity index (χ4v) is 3.78. The van der Waals surface area contributed by atoms with Gasteiger partial charge in [-0.05, 0) is 24.6 Å². The summed E-state index contributed by atoms with van der Waals surface area (Å²) in [4.78, 5) is 15.0. The Labute approximate surface area is 154 Å². The fraction of sp³-hybridized carbons (Fsp3) is 0.0588. The average molecular weight is 387 g/mol. The van der Waals surface area contributed by atoms with Crippen molar-refractivity contribution >= 4 is 33.1 Å². The van der Waals surface area contributed by atoms with E-state index in [1.165, 1.54) is 24.3 Å². The Morgan fingerprint density at radius 3 is 2.27 bits per heavy atom. The van der Waals surface area contributed by atoms with Crippen LogP contribution in [0.5, 0.6) is 0 Å². The summed E-state index contributed by atoms with van der Waals surface area (Å²) in [6, 6.07) is 12.4. The Bertz CT molecular complexity index is 1130. The van der Waals surface area contributed by atoms with Crippen LogP contribution >= 0.6 is 11.6 Å². The molecule has 2 aromatic carbocycles. The van der Waals surface area contributed by atoms with Crippen LogP contribution in [0.15, 0.2) is 73.7 Å². The molecule has 0 unspecified atom stereocenters. The van der Waals surface area contributed by atoms with Crippen LogP contribution in [-0.2, 0) is 10.0 Å². The molecule has 0 N–H and O–H groups in total. The third-order valence-electron chi connectivity index (χ3n) is 3.73. The number of allylic oxidation sites excluding steroid dienone is 2. The molecule has 2 aromatic rings. The van der Waals surface area contributed by atoms with Crippen molar-refractivity contribution in [3.63, 3.8) is 0 Å². The summed E-state index contributed by atoms with van der Waals surface area (Å²) < 4.78 is 29.1. The van der Waals surface area contributed by atoms with Gasteiger partial charge in [0.15, 0.2) is 5.78 Å². The van der Waals surface area contributed by atoms with Crippen LogP contribution in [0.2, 0.25) is 0 Å². The van der Waals surface area contributed by atoms with Gasteiger partial charge in [-0.2, -0.15) is 12.8 Å². The number of halogens is 1. The lowest BCUT2D eigenvalue weighted by atomic mass is 9.92. The summed E-state index contributed by atoms with van der Waals surface area (Å²) in [6.07, 6.45) is 0. The van der Waals surface area contributed by atoms with Gasteiger partial charge in [-0.3, -0.25) is 4.79 Å². The van der Waals surface area contributed by atoms with Gasteiger partial charge in [-0.25, -0.2) is 0 Å². The first-order valence-corrected chi connectivity index (χ1v) is 9.18. The smallest absolute Gasteiger partial charge is 0.282 e. The SMILES string of the molecule is Cc1ccc(S(=O)(=O)N=C2C(Cl)=C(N=[N+]=[N-])C(=O)c3ccccc32)cc1. The number of azide groups is 1. The van der Waals surface area contributed by atoms with E-state index in [1.54, 1.807) is 24.3 Å². The molecule has 0 aromatic heterocycles. The standard InChI is InChI=1S/C17H11ClN4O3S/c1-10-6-8-11(9-7-10)26(24,25)21-15-12-4-2-3-5-13(12)17(23)16(14(15)18)20-22-19/h2-9H,1H3. The first-order chi connectivity index (χ1) is 12.3. The lowest BCUT2D eigenvalue weighted by Crippen LogP contribution is -2.20. The van der Waals surface area contributed by atoms with Crippen molar-refractivity contribution in [2.24, 2.45) is 9.51 Å². The number of Topliss-reactive ketones (excluding diaryl/α,β-unsaturated/α-hetero) is 1.